The van der Waals surface area contributed by atoms with Crippen LogP contribution in [-0.4, -0.2) is 63.5 Å². The van der Waals surface area contributed by atoms with Crippen LogP contribution in [0.1, 0.15) is 33.6 Å². The Labute approximate surface area is 124 Å². The van der Waals surface area contributed by atoms with E-state index in [-0.39, 0.29) is 0 Å². The number of hydrogen-bond donors (Lipinski definition) is 1. The molecule has 0 radical (unpaired) electrons. The normalized spacial score (nSPS) is 35.9. The molecule has 2 saturated heterocycles. The smallest absolute Gasteiger partial charge is 0.0724 e. The number of likely N-dealkylation sites (tertiary alicyclic amines) is 1. The van der Waals surface area contributed by atoms with E-state index >= 15 is 0 Å². The van der Waals surface area contributed by atoms with Crippen LogP contribution in [-0.2, 0) is 9.47 Å². The van der Waals surface area contributed by atoms with Crippen molar-refractivity contribution in [1.82, 2.24) is 10.2 Å². The highest BCUT2D eigenvalue weighted by molar-refractivity contribution is 4.91. The Hall–Kier alpha value is -0.160. The van der Waals surface area contributed by atoms with E-state index in [4.69, 9.17) is 9.47 Å². The van der Waals surface area contributed by atoms with Crippen molar-refractivity contribution in [3.63, 3.8) is 0 Å². The maximum absolute atomic E-state index is 5.71. The minimum absolute atomic E-state index is 0.295. The molecule has 3 atom stereocenters. The standard InChI is InChI=1S/C16H32N2O2/c1-13(2)17-10-16(6-8-20-12-16)11-18-7-5-14(3)15(9-18)19-4/h13-15,17H,5-12H2,1-4H3. The monoisotopic (exact) mass is 284 g/mol. The molecule has 0 aromatic carbocycles. The predicted octanol–water partition coefficient (Wildman–Crippen LogP) is 1.75. The fourth-order valence-electron chi connectivity index (χ4n) is 3.41. The lowest BCUT2D eigenvalue weighted by Gasteiger charge is -2.41. The van der Waals surface area contributed by atoms with Crippen molar-refractivity contribution in [2.45, 2.75) is 45.8 Å². The molecular formula is C16H32N2O2. The van der Waals surface area contributed by atoms with Crippen LogP contribution in [0.15, 0.2) is 0 Å². The van der Waals surface area contributed by atoms with Crippen LogP contribution < -0.4 is 5.32 Å². The fourth-order valence-corrected chi connectivity index (χ4v) is 3.41. The highest BCUT2D eigenvalue weighted by Gasteiger charge is 2.38. The van der Waals surface area contributed by atoms with Crippen molar-refractivity contribution >= 4 is 0 Å². The van der Waals surface area contributed by atoms with Gasteiger partial charge >= 0.3 is 0 Å². The van der Waals surface area contributed by atoms with Crippen molar-refractivity contribution < 1.29 is 9.47 Å². The first-order valence-electron chi connectivity index (χ1n) is 8.11. The SMILES string of the molecule is COC1CN(CC2(CNC(C)C)CCOC2)CCC1C. The fraction of sp³-hybridized carbons (Fsp3) is 1.00. The lowest BCUT2D eigenvalue weighted by Crippen LogP contribution is -2.51. The van der Waals surface area contributed by atoms with Gasteiger partial charge in [0.1, 0.15) is 0 Å². The molecule has 0 saturated carbocycles. The summed E-state index contributed by atoms with van der Waals surface area (Å²) in [5, 5.41) is 3.61. The van der Waals surface area contributed by atoms with Gasteiger partial charge in [0.25, 0.3) is 0 Å². The van der Waals surface area contributed by atoms with Crippen LogP contribution in [0.3, 0.4) is 0 Å². The number of nitrogens with zero attached hydrogens (tertiary/aromatic N) is 1. The Morgan fingerprint density at radius 1 is 1.45 bits per heavy atom. The molecule has 0 aromatic rings. The molecule has 0 amide bonds. The van der Waals surface area contributed by atoms with Crippen LogP contribution in [0.4, 0.5) is 0 Å². The molecule has 118 valence electrons. The molecule has 4 nitrogen and oxygen atoms in total. The first-order chi connectivity index (χ1) is 9.54. The number of hydrogen-bond acceptors (Lipinski definition) is 4. The van der Waals surface area contributed by atoms with Gasteiger partial charge in [-0.1, -0.05) is 20.8 Å². The molecule has 2 rings (SSSR count). The second-order valence-electron chi connectivity index (χ2n) is 7.11. The molecule has 0 aromatic heterocycles. The van der Waals surface area contributed by atoms with Crippen LogP contribution in [0.25, 0.3) is 0 Å². The molecule has 20 heavy (non-hydrogen) atoms. The highest BCUT2D eigenvalue weighted by atomic mass is 16.5. The summed E-state index contributed by atoms with van der Waals surface area (Å²) < 4.78 is 11.4. The van der Waals surface area contributed by atoms with Gasteiger partial charge in [0.15, 0.2) is 0 Å². The zero-order chi connectivity index (χ0) is 14.6. The van der Waals surface area contributed by atoms with Crippen LogP contribution >= 0.6 is 0 Å². The van der Waals surface area contributed by atoms with Gasteiger partial charge in [0.05, 0.1) is 12.7 Å². The Morgan fingerprint density at radius 2 is 2.25 bits per heavy atom. The second kappa shape index (κ2) is 7.21. The van der Waals surface area contributed by atoms with Crippen molar-refractivity contribution in [2.24, 2.45) is 11.3 Å². The number of nitrogens with one attached hydrogen (secondary N) is 1. The van der Waals surface area contributed by atoms with E-state index in [1.165, 1.54) is 19.4 Å². The van der Waals surface area contributed by atoms with Crippen LogP contribution in [0.5, 0.6) is 0 Å². The molecule has 0 bridgehead atoms. The number of methoxy groups -OCH3 is 1. The van der Waals surface area contributed by atoms with E-state index < -0.39 is 0 Å². The average molecular weight is 284 g/mol. The molecule has 2 aliphatic rings. The van der Waals surface area contributed by atoms with E-state index in [0.717, 1.165) is 32.8 Å². The Balaban J connectivity index is 1.91. The summed E-state index contributed by atoms with van der Waals surface area (Å²) in [6, 6.07) is 0.542. The predicted molar refractivity (Wildman–Crippen MR) is 82.0 cm³/mol. The van der Waals surface area contributed by atoms with E-state index in [9.17, 15) is 0 Å². The third-order valence-corrected chi connectivity index (χ3v) is 4.91. The number of ether oxygens (including phenoxy) is 2. The summed E-state index contributed by atoms with van der Waals surface area (Å²) in [5.74, 6) is 0.681. The van der Waals surface area contributed by atoms with Crippen molar-refractivity contribution in [3.8, 4) is 0 Å². The number of rotatable bonds is 6. The second-order valence-corrected chi connectivity index (χ2v) is 7.11. The maximum atomic E-state index is 5.71. The Bertz CT molecular complexity index is 290. The minimum Gasteiger partial charge on any atom is -0.381 e. The summed E-state index contributed by atoms with van der Waals surface area (Å²) in [7, 11) is 1.85. The summed E-state index contributed by atoms with van der Waals surface area (Å²) in [5.41, 5.74) is 0.295. The molecule has 4 heteroatoms. The zero-order valence-electron chi connectivity index (χ0n) is 13.7. The van der Waals surface area contributed by atoms with Gasteiger partial charge in [0.2, 0.25) is 0 Å². The first kappa shape index (κ1) is 16.2. The average Bonchev–Trinajstić information content (AvgIpc) is 2.88. The van der Waals surface area contributed by atoms with Crippen molar-refractivity contribution in [3.05, 3.63) is 0 Å². The summed E-state index contributed by atoms with van der Waals surface area (Å²) in [4.78, 5) is 2.59. The van der Waals surface area contributed by atoms with Gasteiger partial charge in [-0.15, -0.1) is 0 Å². The molecule has 2 aliphatic heterocycles. The van der Waals surface area contributed by atoms with E-state index in [1.807, 2.05) is 7.11 Å². The molecule has 1 N–H and O–H groups in total. The molecule has 2 fully saturated rings. The lowest BCUT2D eigenvalue weighted by atomic mass is 9.84. The third kappa shape index (κ3) is 4.17. The topological polar surface area (TPSA) is 33.7 Å². The minimum atomic E-state index is 0.295. The maximum Gasteiger partial charge on any atom is 0.0724 e. The van der Waals surface area contributed by atoms with Gasteiger partial charge in [-0.2, -0.15) is 0 Å². The summed E-state index contributed by atoms with van der Waals surface area (Å²) >= 11 is 0. The summed E-state index contributed by atoms with van der Waals surface area (Å²) in [6.45, 7) is 13.0. The quantitative estimate of drug-likeness (QED) is 0.806. The molecule has 0 aliphatic carbocycles. The van der Waals surface area contributed by atoms with Gasteiger partial charge in [-0.05, 0) is 25.3 Å². The molecule has 2 heterocycles. The van der Waals surface area contributed by atoms with Gasteiger partial charge in [0, 0.05) is 44.8 Å². The van der Waals surface area contributed by atoms with Crippen LogP contribution in [0.2, 0.25) is 0 Å². The Morgan fingerprint density at radius 3 is 2.85 bits per heavy atom. The molecule has 3 unspecified atom stereocenters. The molecule has 0 spiro atoms. The highest BCUT2D eigenvalue weighted by Crippen LogP contribution is 2.31. The van der Waals surface area contributed by atoms with Crippen molar-refractivity contribution in [2.75, 3.05) is 46.5 Å². The van der Waals surface area contributed by atoms with E-state index in [2.05, 4.69) is 31.0 Å². The van der Waals surface area contributed by atoms with E-state index in [1.54, 1.807) is 0 Å². The van der Waals surface area contributed by atoms with Gasteiger partial charge in [-0.3, -0.25) is 0 Å². The number of piperidine rings is 1. The largest absolute Gasteiger partial charge is 0.381 e. The van der Waals surface area contributed by atoms with Gasteiger partial charge in [-0.25, -0.2) is 0 Å². The summed E-state index contributed by atoms with van der Waals surface area (Å²) in [6.07, 6.45) is 2.81. The van der Waals surface area contributed by atoms with E-state index in [0.29, 0.717) is 23.5 Å². The van der Waals surface area contributed by atoms with Crippen molar-refractivity contribution in [1.29, 1.82) is 0 Å². The lowest BCUT2D eigenvalue weighted by molar-refractivity contribution is -0.0194. The van der Waals surface area contributed by atoms with Crippen LogP contribution in [0, 0.1) is 11.3 Å². The Kier molecular flexibility index (Phi) is 5.84. The first-order valence-corrected chi connectivity index (χ1v) is 8.11. The molecular weight excluding hydrogens is 252 g/mol. The third-order valence-electron chi connectivity index (χ3n) is 4.91. The van der Waals surface area contributed by atoms with Gasteiger partial charge < -0.3 is 19.7 Å². The zero-order valence-corrected chi connectivity index (χ0v) is 13.7.